The fraction of sp³-hybridized carbons (Fsp3) is 0.276. The number of rotatable bonds is 7. The van der Waals surface area contributed by atoms with Crippen LogP contribution < -0.4 is 4.90 Å². The van der Waals surface area contributed by atoms with Gasteiger partial charge in [0.05, 0.1) is 24.5 Å². The first kappa shape index (κ1) is 24.6. The predicted octanol–water partition coefficient (Wildman–Crippen LogP) is 3.96. The molecule has 0 radical (unpaired) electrons. The third kappa shape index (κ3) is 4.37. The zero-order valence-corrected chi connectivity index (χ0v) is 22.1. The van der Waals surface area contributed by atoms with Gasteiger partial charge in [-0.3, -0.25) is 4.79 Å². The zero-order chi connectivity index (χ0) is 27.1. The van der Waals surface area contributed by atoms with Gasteiger partial charge in [-0.2, -0.15) is 9.61 Å². The second kappa shape index (κ2) is 9.86. The summed E-state index contributed by atoms with van der Waals surface area (Å²) in [5.41, 5.74) is 4.20. The highest BCUT2D eigenvalue weighted by molar-refractivity contribution is 5.98. The Morgan fingerprint density at radius 2 is 1.97 bits per heavy atom. The van der Waals surface area contributed by atoms with Crippen LogP contribution in [0, 0.1) is 0 Å². The molecule has 5 aromatic rings. The number of amides is 1. The SMILES string of the molecule is CCOC(=O)c1cnn2c(N(C)Cc3ccccc3)cc(-c3cn([C@H]4CC(=O)N(C)C4)c4ncccc34)nc12. The Labute approximate surface area is 225 Å². The molecule has 1 saturated heterocycles. The second-order valence-electron chi connectivity index (χ2n) is 9.81. The molecule has 0 spiro atoms. The standard InChI is InChI=1S/C29H29N7O3/c1-4-39-29(38)22-15-31-36-25(33(2)16-19-9-6-5-7-10-19)14-24(32-28(22)36)23-18-35(20-13-26(37)34(3)17-20)27-21(23)11-8-12-30-27/h5-12,14-15,18,20H,4,13,16-17H2,1-3H3/t20-/m0/s1. The van der Waals surface area contributed by atoms with Gasteiger partial charge in [0.2, 0.25) is 5.91 Å². The Bertz CT molecular complexity index is 1690. The van der Waals surface area contributed by atoms with E-state index in [1.807, 2.05) is 56.7 Å². The number of hydrogen-bond donors (Lipinski definition) is 0. The lowest BCUT2D eigenvalue weighted by atomic mass is 10.1. The molecule has 0 saturated carbocycles. The second-order valence-corrected chi connectivity index (χ2v) is 9.81. The van der Waals surface area contributed by atoms with Crippen molar-refractivity contribution in [3.63, 3.8) is 0 Å². The van der Waals surface area contributed by atoms with Crippen molar-refractivity contribution in [3.8, 4) is 11.3 Å². The van der Waals surface area contributed by atoms with E-state index in [4.69, 9.17) is 9.72 Å². The third-order valence-electron chi connectivity index (χ3n) is 7.18. The summed E-state index contributed by atoms with van der Waals surface area (Å²) in [6.07, 6.45) is 5.71. The van der Waals surface area contributed by atoms with Gasteiger partial charge in [-0.05, 0) is 24.6 Å². The van der Waals surface area contributed by atoms with E-state index in [1.54, 1.807) is 22.5 Å². The van der Waals surface area contributed by atoms with E-state index in [0.29, 0.717) is 36.4 Å². The van der Waals surface area contributed by atoms with Gasteiger partial charge in [-0.15, -0.1) is 0 Å². The number of esters is 1. The molecule has 1 fully saturated rings. The highest BCUT2D eigenvalue weighted by atomic mass is 16.5. The molecule has 1 aliphatic heterocycles. The Kier molecular flexibility index (Phi) is 6.22. The van der Waals surface area contributed by atoms with E-state index < -0.39 is 5.97 Å². The largest absolute Gasteiger partial charge is 0.462 e. The van der Waals surface area contributed by atoms with Gasteiger partial charge in [-0.1, -0.05) is 30.3 Å². The summed E-state index contributed by atoms with van der Waals surface area (Å²) in [6, 6.07) is 16.0. The van der Waals surface area contributed by atoms with Crippen LogP contribution in [-0.2, 0) is 16.1 Å². The van der Waals surface area contributed by atoms with E-state index in [0.717, 1.165) is 28.0 Å². The quantitative estimate of drug-likeness (QED) is 0.298. The molecule has 4 aromatic heterocycles. The van der Waals surface area contributed by atoms with Crippen molar-refractivity contribution in [3.05, 3.63) is 78.2 Å². The monoisotopic (exact) mass is 523 g/mol. The highest BCUT2D eigenvalue weighted by Gasteiger charge is 2.30. The fourth-order valence-corrected chi connectivity index (χ4v) is 5.24. The molecule has 10 nitrogen and oxygen atoms in total. The van der Waals surface area contributed by atoms with Crippen LogP contribution in [0.5, 0.6) is 0 Å². The summed E-state index contributed by atoms with van der Waals surface area (Å²) >= 11 is 0. The maximum absolute atomic E-state index is 12.8. The maximum Gasteiger partial charge on any atom is 0.343 e. The maximum atomic E-state index is 12.8. The van der Waals surface area contributed by atoms with Crippen LogP contribution in [0.4, 0.5) is 5.82 Å². The molecule has 1 atom stereocenters. The van der Waals surface area contributed by atoms with E-state index in [-0.39, 0.29) is 18.6 Å². The zero-order valence-electron chi connectivity index (χ0n) is 22.1. The molecule has 10 heteroatoms. The molecular formula is C29H29N7O3. The average molecular weight is 524 g/mol. The number of nitrogens with zero attached hydrogens (tertiary/aromatic N) is 7. The van der Waals surface area contributed by atoms with E-state index in [9.17, 15) is 9.59 Å². The Balaban J connectivity index is 1.53. The molecule has 39 heavy (non-hydrogen) atoms. The van der Waals surface area contributed by atoms with Gasteiger partial charge < -0.3 is 19.1 Å². The van der Waals surface area contributed by atoms with E-state index in [1.165, 1.54) is 6.20 Å². The minimum Gasteiger partial charge on any atom is -0.462 e. The number of likely N-dealkylation sites (N-methyl/N-ethyl adjacent to an activating group) is 1. The van der Waals surface area contributed by atoms with Gasteiger partial charge >= 0.3 is 5.97 Å². The van der Waals surface area contributed by atoms with Crippen molar-refractivity contribution in [2.24, 2.45) is 0 Å². The minimum atomic E-state index is -0.467. The van der Waals surface area contributed by atoms with Crippen LogP contribution in [0.25, 0.3) is 27.9 Å². The van der Waals surface area contributed by atoms with Crippen LogP contribution in [-0.4, -0.2) is 68.2 Å². The van der Waals surface area contributed by atoms with E-state index >= 15 is 0 Å². The smallest absolute Gasteiger partial charge is 0.343 e. The van der Waals surface area contributed by atoms with Crippen molar-refractivity contribution in [2.45, 2.75) is 25.9 Å². The van der Waals surface area contributed by atoms with Crippen molar-refractivity contribution in [2.75, 3.05) is 32.1 Å². The molecule has 198 valence electrons. The number of hydrogen-bond acceptors (Lipinski definition) is 7. The summed E-state index contributed by atoms with van der Waals surface area (Å²) in [5.74, 6) is 0.419. The molecular weight excluding hydrogens is 494 g/mol. The Morgan fingerprint density at radius 3 is 2.72 bits per heavy atom. The lowest BCUT2D eigenvalue weighted by Crippen LogP contribution is -2.20. The molecule has 0 unspecified atom stereocenters. The molecule has 6 rings (SSSR count). The molecule has 1 aliphatic rings. The summed E-state index contributed by atoms with van der Waals surface area (Å²) in [5, 5.41) is 5.44. The number of anilines is 1. The van der Waals surface area contributed by atoms with Crippen LogP contribution in [0.1, 0.15) is 35.3 Å². The number of carbonyl (C=O) groups is 2. The van der Waals surface area contributed by atoms with Gasteiger partial charge in [0.1, 0.15) is 17.0 Å². The van der Waals surface area contributed by atoms with Gasteiger partial charge in [0.15, 0.2) is 5.65 Å². The molecule has 0 N–H and O–H groups in total. The summed E-state index contributed by atoms with van der Waals surface area (Å²) in [6.45, 7) is 3.28. The number of likely N-dealkylation sites (tertiary alicyclic amines) is 1. The molecule has 0 bridgehead atoms. The summed E-state index contributed by atoms with van der Waals surface area (Å²) in [4.78, 5) is 38.6. The van der Waals surface area contributed by atoms with Crippen molar-refractivity contribution >= 4 is 34.4 Å². The topological polar surface area (TPSA) is 97.9 Å². The summed E-state index contributed by atoms with van der Waals surface area (Å²) < 4.78 is 9.06. The fourth-order valence-electron chi connectivity index (χ4n) is 5.24. The van der Waals surface area contributed by atoms with Gasteiger partial charge in [-0.25, -0.2) is 14.8 Å². The number of fused-ring (bicyclic) bond motifs is 2. The first-order valence-electron chi connectivity index (χ1n) is 13.0. The summed E-state index contributed by atoms with van der Waals surface area (Å²) in [7, 11) is 3.81. The molecule has 1 amide bonds. The normalized spacial score (nSPS) is 15.4. The lowest BCUT2D eigenvalue weighted by Gasteiger charge is -2.21. The first-order valence-corrected chi connectivity index (χ1v) is 13.0. The van der Waals surface area contributed by atoms with Crippen LogP contribution >= 0.6 is 0 Å². The Hall–Kier alpha value is -4.73. The minimum absolute atomic E-state index is 0.0253. The number of ether oxygens (including phenoxy) is 1. The van der Waals surface area contributed by atoms with Crippen LogP contribution in [0.2, 0.25) is 0 Å². The lowest BCUT2D eigenvalue weighted by molar-refractivity contribution is -0.126. The third-order valence-corrected chi connectivity index (χ3v) is 7.18. The number of carbonyl (C=O) groups excluding carboxylic acids is 2. The highest BCUT2D eigenvalue weighted by Crippen LogP contribution is 2.35. The van der Waals surface area contributed by atoms with Gasteiger partial charge in [0.25, 0.3) is 0 Å². The van der Waals surface area contributed by atoms with Crippen molar-refractivity contribution in [1.29, 1.82) is 0 Å². The van der Waals surface area contributed by atoms with Crippen molar-refractivity contribution < 1.29 is 14.3 Å². The average Bonchev–Trinajstić information content (AvgIpc) is 3.64. The Morgan fingerprint density at radius 1 is 1.15 bits per heavy atom. The molecule has 1 aromatic carbocycles. The molecule has 5 heterocycles. The number of aromatic nitrogens is 5. The first-order chi connectivity index (χ1) is 18.9. The van der Waals surface area contributed by atoms with Gasteiger partial charge in [0, 0.05) is 63.0 Å². The number of pyridine rings is 1. The number of benzene rings is 1. The van der Waals surface area contributed by atoms with Crippen molar-refractivity contribution in [1.82, 2.24) is 29.0 Å². The van der Waals surface area contributed by atoms with E-state index in [2.05, 4.69) is 31.7 Å². The molecule has 0 aliphatic carbocycles. The predicted molar refractivity (Wildman–Crippen MR) is 148 cm³/mol. The van der Waals surface area contributed by atoms with Crippen LogP contribution in [0.15, 0.2) is 67.1 Å². The van der Waals surface area contributed by atoms with Crippen LogP contribution in [0.3, 0.4) is 0 Å².